The van der Waals surface area contributed by atoms with E-state index in [4.69, 9.17) is 21.1 Å². The van der Waals surface area contributed by atoms with Gasteiger partial charge in [-0.15, -0.1) is 0 Å². The molecule has 2 unspecified atom stereocenters. The summed E-state index contributed by atoms with van der Waals surface area (Å²) in [7, 11) is 0. The molecule has 1 heterocycles. The fraction of sp³-hybridized carbons (Fsp3) is 0.300. The fourth-order valence-electron chi connectivity index (χ4n) is 2.52. The number of nitrogens with zero attached hydrogens (tertiary/aromatic N) is 3. The number of hydrogen-bond donors (Lipinski definition) is 1. The number of aliphatic hydroxyl groups excluding tert-OH is 1. The highest BCUT2D eigenvalue weighted by atomic mass is 35.5. The molecular formula is C20H22ClN3O3. The highest BCUT2D eigenvalue weighted by Crippen LogP contribution is 2.32. The first-order valence-electron chi connectivity index (χ1n) is 8.58. The maximum Gasteiger partial charge on any atom is 0.219 e. The standard InChI is InChI=1S/C20H22ClN3O3/c1-20(2,12-26-16-6-4-3-5-7-16)18(25)19(24-14-22-13-23-24)27-17-10-8-15(21)9-11-17/h3-11,13-14,18-19,25H,12H2,1-2H3. The van der Waals surface area contributed by atoms with E-state index in [0.29, 0.717) is 17.4 Å². The number of benzene rings is 2. The summed E-state index contributed by atoms with van der Waals surface area (Å²) >= 11 is 5.93. The second-order valence-electron chi connectivity index (χ2n) is 6.87. The van der Waals surface area contributed by atoms with Gasteiger partial charge in [-0.1, -0.05) is 43.6 Å². The van der Waals surface area contributed by atoms with Crippen LogP contribution in [0.15, 0.2) is 67.3 Å². The maximum atomic E-state index is 11.1. The number of aliphatic hydroxyl groups is 1. The Morgan fingerprint density at radius 1 is 1.07 bits per heavy atom. The predicted octanol–water partition coefficient (Wildman–Crippen LogP) is 3.98. The van der Waals surface area contributed by atoms with Crippen molar-refractivity contribution in [2.45, 2.75) is 26.2 Å². The van der Waals surface area contributed by atoms with Crippen LogP contribution in [0, 0.1) is 5.41 Å². The first kappa shape index (κ1) is 19.2. The van der Waals surface area contributed by atoms with Crippen LogP contribution in [0.4, 0.5) is 0 Å². The lowest BCUT2D eigenvalue weighted by Crippen LogP contribution is -2.43. The maximum absolute atomic E-state index is 11.1. The number of hydrogen-bond acceptors (Lipinski definition) is 5. The summed E-state index contributed by atoms with van der Waals surface area (Å²) in [6.45, 7) is 4.12. The Hall–Kier alpha value is -2.57. The first-order chi connectivity index (χ1) is 13.0. The fourth-order valence-corrected chi connectivity index (χ4v) is 2.65. The topological polar surface area (TPSA) is 69.4 Å². The average Bonchev–Trinajstić information content (AvgIpc) is 3.21. The Morgan fingerprint density at radius 3 is 2.41 bits per heavy atom. The lowest BCUT2D eigenvalue weighted by molar-refractivity contribution is -0.0916. The van der Waals surface area contributed by atoms with Crippen LogP contribution in [0.1, 0.15) is 20.1 Å². The number of aromatic nitrogens is 3. The van der Waals surface area contributed by atoms with Crippen LogP contribution in [0.5, 0.6) is 11.5 Å². The molecule has 7 heteroatoms. The molecule has 0 fully saturated rings. The summed E-state index contributed by atoms with van der Waals surface area (Å²) in [6, 6.07) is 16.4. The zero-order valence-corrected chi connectivity index (χ0v) is 16.0. The molecule has 0 bridgehead atoms. The van der Waals surface area contributed by atoms with Gasteiger partial charge in [0.25, 0.3) is 0 Å². The number of ether oxygens (including phenoxy) is 2. The van der Waals surface area contributed by atoms with Gasteiger partial charge in [0.15, 0.2) is 0 Å². The Morgan fingerprint density at radius 2 is 1.78 bits per heavy atom. The molecule has 0 aliphatic carbocycles. The molecule has 0 aliphatic heterocycles. The van der Waals surface area contributed by atoms with E-state index in [2.05, 4.69) is 10.1 Å². The second-order valence-corrected chi connectivity index (χ2v) is 7.31. The molecule has 3 aromatic rings. The lowest BCUT2D eigenvalue weighted by atomic mass is 9.86. The highest BCUT2D eigenvalue weighted by molar-refractivity contribution is 6.30. The largest absolute Gasteiger partial charge is 0.493 e. The Kier molecular flexibility index (Phi) is 5.98. The van der Waals surface area contributed by atoms with Crippen molar-refractivity contribution < 1.29 is 14.6 Å². The molecule has 2 atom stereocenters. The summed E-state index contributed by atoms with van der Waals surface area (Å²) in [6.07, 6.45) is 1.22. The van der Waals surface area contributed by atoms with Crippen molar-refractivity contribution in [3.8, 4) is 11.5 Å². The summed E-state index contributed by atoms with van der Waals surface area (Å²) in [5.41, 5.74) is -0.626. The summed E-state index contributed by atoms with van der Waals surface area (Å²) in [4.78, 5) is 3.97. The minimum Gasteiger partial charge on any atom is -0.493 e. The van der Waals surface area contributed by atoms with Gasteiger partial charge in [-0.25, -0.2) is 9.67 Å². The van der Waals surface area contributed by atoms with E-state index in [9.17, 15) is 5.11 Å². The van der Waals surface area contributed by atoms with E-state index < -0.39 is 17.7 Å². The van der Waals surface area contributed by atoms with Gasteiger partial charge in [0.1, 0.15) is 30.3 Å². The minimum absolute atomic E-state index is 0.299. The van der Waals surface area contributed by atoms with E-state index >= 15 is 0 Å². The first-order valence-corrected chi connectivity index (χ1v) is 8.96. The molecule has 27 heavy (non-hydrogen) atoms. The van der Waals surface area contributed by atoms with Gasteiger partial charge in [-0.2, -0.15) is 5.10 Å². The monoisotopic (exact) mass is 387 g/mol. The molecule has 1 N–H and O–H groups in total. The van der Waals surface area contributed by atoms with Gasteiger partial charge < -0.3 is 14.6 Å². The van der Waals surface area contributed by atoms with E-state index in [0.717, 1.165) is 5.75 Å². The Labute approximate surface area is 163 Å². The van der Waals surface area contributed by atoms with Crippen molar-refractivity contribution in [2.75, 3.05) is 6.61 Å². The van der Waals surface area contributed by atoms with E-state index in [1.54, 1.807) is 24.3 Å². The SMILES string of the molecule is CC(C)(COc1ccccc1)C(O)C(Oc1ccc(Cl)cc1)n1cncn1. The smallest absolute Gasteiger partial charge is 0.219 e. The summed E-state index contributed by atoms with van der Waals surface area (Å²) < 4.78 is 13.3. The normalized spacial score (nSPS) is 13.8. The predicted molar refractivity (Wildman–Crippen MR) is 103 cm³/mol. The quantitative estimate of drug-likeness (QED) is 0.633. The number of para-hydroxylation sites is 1. The van der Waals surface area contributed by atoms with Crippen LogP contribution >= 0.6 is 11.6 Å². The molecule has 0 saturated heterocycles. The van der Waals surface area contributed by atoms with Crippen LogP contribution in [0.25, 0.3) is 0 Å². The molecular weight excluding hydrogens is 366 g/mol. The lowest BCUT2D eigenvalue weighted by Gasteiger charge is -2.35. The van der Waals surface area contributed by atoms with Gasteiger partial charge >= 0.3 is 0 Å². The zero-order valence-electron chi connectivity index (χ0n) is 15.2. The minimum atomic E-state index is -0.918. The third-order valence-electron chi connectivity index (χ3n) is 4.19. The van der Waals surface area contributed by atoms with Crippen molar-refractivity contribution in [1.29, 1.82) is 0 Å². The van der Waals surface area contributed by atoms with Crippen molar-refractivity contribution >= 4 is 11.6 Å². The Balaban J connectivity index is 1.76. The van der Waals surface area contributed by atoms with Crippen molar-refractivity contribution in [3.05, 3.63) is 72.3 Å². The van der Waals surface area contributed by atoms with Gasteiger partial charge in [0.2, 0.25) is 6.23 Å². The van der Waals surface area contributed by atoms with Gasteiger partial charge in [0, 0.05) is 10.4 Å². The van der Waals surface area contributed by atoms with Crippen molar-refractivity contribution in [1.82, 2.24) is 14.8 Å². The van der Waals surface area contributed by atoms with Crippen LogP contribution in [-0.4, -0.2) is 32.6 Å². The van der Waals surface area contributed by atoms with Crippen molar-refractivity contribution in [3.63, 3.8) is 0 Å². The average molecular weight is 388 g/mol. The van der Waals surface area contributed by atoms with Gasteiger partial charge in [-0.3, -0.25) is 0 Å². The highest BCUT2D eigenvalue weighted by Gasteiger charge is 2.38. The van der Waals surface area contributed by atoms with E-state index in [-0.39, 0.29) is 0 Å². The molecule has 142 valence electrons. The molecule has 6 nitrogen and oxygen atoms in total. The van der Waals surface area contributed by atoms with Crippen LogP contribution < -0.4 is 9.47 Å². The van der Waals surface area contributed by atoms with Crippen molar-refractivity contribution in [2.24, 2.45) is 5.41 Å². The van der Waals surface area contributed by atoms with E-state index in [1.807, 2.05) is 44.2 Å². The van der Waals surface area contributed by atoms with Gasteiger partial charge in [-0.05, 0) is 36.4 Å². The molecule has 0 aliphatic rings. The summed E-state index contributed by atoms with van der Waals surface area (Å²) in [5.74, 6) is 1.31. The summed E-state index contributed by atoms with van der Waals surface area (Å²) in [5, 5.41) is 15.8. The number of rotatable bonds is 8. The third kappa shape index (κ3) is 4.99. The van der Waals surface area contributed by atoms with E-state index in [1.165, 1.54) is 17.3 Å². The molecule has 1 aromatic heterocycles. The van der Waals surface area contributed by atoms with Gasteiger partial charge in [0.05, 0.1) is 6.61 Å². The molecule has 0 radical (unpaired) electrons. The Bertz CT molecular complexity index is 823. The molecule has 0 amide bonds. The van der Waals surface area contributed by atoms with Crippen LogP contribution in [0.3, 0.4) is 0 Å². The molecule has 0 saturated carbocycles. The second kappa shape index (κ2) is 8.41. The molecule has 3 rings (SSSR count). The molecule has 2 aromatic carbocycles. The number of halogens is 1. The zero-order chi connectivity index (χ0) is 19.3. The third-order valence-corrected chi connectivity index (χ3v) is 4.44. The van der Waals surface area contributed by atoms with Crippen LogP contribution in [0.2, 0.25) is 5.02 Å². The van der Waals surface area contributed by atoms with Crippen LogP contribution in [-0.2, 0) is 0 Å². The molecule has 0 spiro atoms.